The van der Waals surface area contributed by atoms with E-state index in [4.69, 9.17) is 18.0 Å². The van der Waals surface area contributed by atoms with Gasteiger partial charge in [-0.3, -0.25) is 9.69 Å². The molecule has 8 heteroatoms. The van der Waals surface area contributed by atoms with E-state index in [1.54, 1.807) is 34.5 Å². The molecule has 2 aromatic rings. The van der Waals surface area contributed by atoms with E-state index in [2.05, 4.69) is 5.10 Å². The fourth-order valence-corrected chi connectivity index (χ4v) is 3.30. The number of nitrogens with two attached hydrogens (primary N) is 1. The Kier molecular flexibility index (Phi) is 4.77. The number of piperidine rings is 1. The van der Waals surface area contributed by atoms with Crippen LogP contribution in [0.15, 0.2) is 24.3 Å². The van der Waals surface area contributed by atoms with Crippen molar-refractivity contribution in [1.29, 1.82) is 0 Å². The van der Waals surface area contributed by atoms with Gasteiger partial charge in [-0.25, -0.2) is 9.07 Å². The summed E-state index contributed by atoms with van der Waals surface area (Å²) in [6.07, 6.45) is 2.73. The molecule has 1 saturated heterocycles. The van der Waals surface area contributed by atoms with Gasteiger partial charge >= 0.3 is 0 Å². The smallest absolute Gasteiger partial charge is 0.234 e. The van der Waals surface area contributed by atoms with Gasteiger partial charge in [-0.1, -0.05) is 18.6 Å². The zero-order valence-corrected chi connectivity index (χ0v) is 14.3. The minimum Gasteiger partial charge on any atom is -0.368 e. The highest BCUT2D eigenvalue weighted by molar-refractivity contribution is 7.71. The van der Waals surface area contributed by atoms with E-state index in [0.717, 1.165) is 25.8 Å². The van der Waals surface area contributed by atoms with Crippen molar-refractivity contribution in [3.8, 4) is 11.4 Å². The van der Waals surface area contributed by atoms with Gasteiger partial charge in [0.1, 0.15) is 5.82 Å². The summed E-state index contributed by atoms with van der Waals surface area (Å²) in [5, 5.41) is 4.47. The lowest BCUT2D eigenvalue weighted by atomic mass is 10.0. The number of halogens is 1. The van der Waals surface area contributed by atoms with Crippen LogP contribution in [0.25, 0.3) is 11.4 Å². The number of likely N-dealkylation sites (tertiary alicyclic amines) is 1. The molecule has 2 N–H and O–H groups in total. The SMILES string of the molecule is Cn1c(-c2ccccc2F)nn(CN2CCCC[C@@H]2C(N)=O)c1=S. The van der Waals surface area contributed by atoms with Gasteiger partial charge in [0.2, 0.25) is 5.91 Å². The fourth-order valence-electron chi connectivity index (χ4n) is 3.11. The maximum Gasteiger partial charge on any atom is 0.234 e. The monoisotopic (exact) mass is 349 g/mol. The number of rotatable bonds is 4. The van der Waals surface area contributed by atoms with Crippen LogP contribution in [0.4, 0.5) is 4.39 Å². The number of carbonyl (C=O) groups excluding carboxylic acids is 1. The molecule has 2 heterocycles. The summed E-state index contributed by atoms with van der Waals surface area (Å²) in [7, 11) is 1.76. The maximum absolute atomic E-state index is 14.1. The van der Waals surface area contributed by atoms with Crippen LogP contribution in [0.1, 0.15) is 19.3 Å². The Morgan fingerprint density at radius 3 is 2.88 bits per heavy atom. The summed E-state index contributed by atoms with van der Waals surface area (Å²) in [5.41, 5.74) is 5.90. The van der Waals surface area contributed by atoms with Gasteiger partial charge in [0.25, 0.3) is 0 Å². The second kappa shape index (κ2) is 6.82. The Labute approximate surface area is 144 Å². The van der Waals surface area contributed by atoms with Crippen LogP contribution in [-0.4, -0.2) is 37.7 Å². The second-order valence-electron chi connectivity index (χ2n) is 6.01. The Hall–Kier alpha value is -2.06. The first-order valence-electron chi connectivity index (χ1n) is 7.91. The first kappa shape index (κ1) is 16.8. The topological polar surface area (TPSA) is 69.1 Å². The molecule has 0 aliphatic carbocycles. The summed E-state index contributed by atoms with van der Waals surface area (Å²) in [4.78, 5) is 13.6. The summed E-state index contributed by atoms with van der Waals surface area (Å²) >= 11 is 5.43. The zero-order chi connectivity index (χ0) is 17.3. The van der Waals surface area contributed by atoms with E-state index in [-0.39, 0.29) is 17.8 Å². The van der Waals surface area contributed by atoms with Crippen molar-refractivity contribution in [1.82, 2.24) is 19.2 Å². The molecule has 24 heavy (non-hydrogen) atoms. The third-order valence-corrected chi connectivity index (χ3v) is 4.90. The van der Waals surface area contributed by atoms with Gasteiger partial charge in [-0.05, 0) is 37.2 Å². The summed E-state index contributed by atoms with van der Waals surface area (Å²) < 4.78 is 17.8. The molecule has 1 aromatic carbocycles. The van der Waals surface area contributed by atoms with Gasteiger partial charge in [0, 0.05) is 13.6 Å². The largest absolute Gasteiger partial charge is 0.368 e. The lowest BCUT2D eigenvalue weighted by Gasteiger charge is -2.33. The number of aromatic nitrogens is 3. The molecule has 1 fully saturated rings. The van der Waals surface area contributed by atoms with E-state index in [1.165, 1.54) is 6.07 Å². The molecule has 0 spiro atoms. The van der Waals surface area contributed by atoms with Crippen molar-refractivity contribution < 1.29 is 9.18 Å². The molecule has 1 atom stereocenters. The molecule has 6 nitrogen and oxygen atoms in total. The summed E-state index contributed by atoms with van der Waals surface area (Å²) in [5.74, 6) is -0.210. The van der Waals surface area contributed by atoms with Crippen LogP contribution in [0.3, 0.4) is 0 Å². The van der Waals surface area contributed by atoms with Gasteiger partial charge in [0.05, 0.1) is 18.3 Å². The molecule has 3 rings (SSSR count). The molecule has 1 aliphatic rings. The van der Waals surface area contributed by atoms with Crippen molar-refractivity contribution >= 4 is 18.1 Å². The summed E-state index contributed by atoms with van der Waals surface area (Å²) in [6, 6.07) is 6.15. The highest BCUT2D eigenvalue weighted by Crippen LogP contribution is 2.22. The van der Waals surface area contributed by atoms with E-state index >= 15 is 0 Å². The molecule has 1 amide bonds. The maximum atomic E-state index is 14.1. The van der Waals surface area contributed by atoms with Crippen molar-refractivity contribution in [3.05, 3.63) is 34.9 Å². The van der Waals surface area contributed by atoms with Gasteiger partial charge < -0.3 is 10.3 Å². The molecular formula is C16H20FN5OS. The Balaban J connectivity index is 1.93. The van der Waals surface area contributed by atoms with E-state index in [1.807, 2.05) is 4.90 Å². The van der Waals surface area contributed by atoms with Crippen LogP contribution in [0.5, 0.6) is 0 Å². The van der Waals surface area contributed by atoms with Crippen LogP contribution >= 0.6 is 12.2 Å². The number of primary amides is 1. The Morgan fingerprint density at radius 2 is 2.17 bits per heavy atom. The van der Waals surface area contributed by atoms with Crippen molar-refractivity contribution in [2.75, 3.05) is 6.54 Å². The predicted octanol–water partition coefficient (Wildman–Crippen LogP) is 2.05. The van der Waals surface area contributed by atoms with Crippen LogP contribution in [-0.2, 0) is 18.5 Å². The number of hydrogen-bond acceptors (Lipinski definition) is 4. The molecule has 1 aromatic heterocycles. The van der Waals surface area contributed by atoms with E-state index < -0.39 is 0 Å². The van der Waals surface area contributed by atoms with E-state index in [9.17, 15) is 9.18 Å². The van der Waals surface area contributed by atoms with Crippen LogP contribution in [0, 0.1) is 10.6 Å². The quantitative estimate of drug-likeness (QED) is 0.858. The second-order valence-corrected chi connectivity index (χ2v) is 6.38. The minimum absolute atomic E-state index is 0.306. The number of carbonyl (C=O) groups is 1. The third kappa shape index (κ3) is 3.11. The normalized spacial score (nSPS) is 18.7. The minimum atomic E-state index is -0.347. The number of amides is 1. The van der Waals surface area contributed by atoms with Crippen molar-refractivity contribution in [2.45, 2.75) is 32.0 Å². The summed E-state index contributed by atoms with van der Waals surface area (Å²) in [6.45, 7) is 1.13. The first-order valence-corrected chi connectivity index (χ1v) is 8.32. The van der Waals surface area contributed by atoms with Crippen LogP contribution in [0.2, 0.25) is 0 Å². The molecule has 0 bridgehead atoms. The molecule has 0 saturated carbocycles. The highest BCUT2D eigenvalue weighted by atomic mass is 32.1. The molecule has 128 valence electrons. The lowest BCUT2D eigenvalue weighted by molar-refractivity contribution is -0.125. The average Bonchev–Trinajstić information content (AvgIpc) is 2.84. The Morgan fingerprint density at radius 1 is 1.42 bits per heavy atom. The Bertz CT molecular complexity index is 815. The number of benzene rings is 1. The third-order valence-electron chi connectivity index (χ3n) is 4.41. The standard InChI is InChI=1S/C16H20FN5OS/c1-20-15(11-6-2-3-7-12(11)17)19-22(16(20)24)10-21-9-5-4-8-13(21)14(18)23/h2-3,6-7,13H,4-5,8-10H2,1H3,(H2,18,23)/t13-/m1/s1. The van der Waals surface area contributed by atoms with E-state index in [0.29, 0.717) is 22.8 Å². The highest BCUT2D eigenvalue weighted by Gasteiger charge is 2.27. The lowest BCUT2D eigenvalue weighted by Crippen LogP contribution is -2.48. The van der Waals surface area contributed by atoms with Crippen molar-refractivity contribution in [2.24, 2.45) is 12.8 Å². The molecule has 0 unspecified atom stereocenters. The first-order chi connectivity index (χ1) is 11.5. The molecule has 1 aliphatic heterocycles. The van der Waals surface area contributed by atoms with Crippen molar-refractivity contribution in [3.63, 3.8) is 0 Å². The van der Waals surface area contributed by atoms with Gasteiger partial charge in [-0.2, -0.15) is 5.10 Å². The van der Waals surface area contributed by atoms with Gasteiger partial charge in [-0.15, -0.1) is 0 Å². The fraction of sp³-hybridized carbons (Fsp3) is 0.438. The zero-order valence-electron chi connectivity index (χ0n) is 13.5. The average molecular weight is 349 g/mol. The predicted molar refractivity (Wildman–Crippen MR) is 91.0 cm³/mol. The number of hydrogen-bond donors (Lipinski definition) is 1. The molecular weight excluding hydrogens is 329 g/mol. The van der Waals surface area contributed by atoms with Crippen LogP contribution < -0.4 is 5.73 Å². The van der Waals surface area contributed by atoms with Gasteiger partial charge in [0.15, 0.2) is 10.6 Å². The number of nitrogens with zero attached hydrogens (tertiary/aromatic N) is 4. The molecule has 0 radical (unpaired) electrons.